The van der Waals surface area contributed by atoms with Crippen molar-refractivity contribution >= 4 is 0 Å². The van der Waals surface area contributed by atoms with Crippen molar-refractivity contribution in [1.29, 1.82) is 0 Å². The van der Waals surface area contributed by atoms with Crippen molar-refractivity contribution in [3.8, 4) is 0 Å². The van der Waals surface area contributed by atoms with Crippen LogP contribution >= 0.6 is 0 Å². The number of hydrogen-bond donors (Lipinski definition) is 1. The second-order valence-corrected chi connectivity index (χ2v) is 7.17. The first-order chi connectivity index (χ1) is 9.60. The smallest absolute Gasteiger partial charge is 0.0469 e. The third-order valence-corrected chi connectivity index (χ3v) is 5.77. The lowest BCUT2D eigenvalue weighted by Gasteiger charge is -2.53. The fourth-order valence-corrected chi connectivity index (χ4v) is 4.36. The van der Waals surface area contributed by atoms with Gasteiger partial charge in [0.1, 0.15) is 0 Å². The molecule has 2 aliphatic rings. The molecule has 2 rings (SSSR count). The van der Waals surface area contributed by atoms with E-state index in [1.54, 1.807) is 0 Å². The summed E-state index contributed by atoms with van der Waals surface area (Å²) in [7, 11) is 4.58. The SMILES string of the molecule is CCNC(C1CCOCC1)C1(N(C)C)CCC(C)CC1. The lowest BCUT2D eigenvalue weighted by atomic mass is 9.67. The lowest BCUT2D eigenvalue weighted by molar-refractivity contribution is -0.0142. The van der Waals surface area contributed by atoms with Gasteiger partial charge in [0.15, 0.2) is 0 Å². The van der Waals surface area contributed by atoms with E-state index >= 15 is 0 Å². The molecule has 1 aliphatic carbocycles. The molecule has 0 amide bonds. The zero-order valence-electron chi connectivity index (χ0n) is 14.0. The molecule has 20 heavy (non-hydrogen) atoms. The Kier molecular flexibility index (Phi) is 5.88. The van der Waals surface area contributed by atoms with E-state index in [1.807, 2.05) is 0 Å². The highest BCUT2D eigenvalue weighted by molar-refractivity contribution is 5.04. The highest BCUT2D eigenvalue weighted by Crippen LogP contribution is 2.41. The Morgan fingerprint density at radius 3 is 2.25 bits per heavy atom. The van der Waals surface area contributed by atoms with Gasteiger partial charge in [0.25, 0.3) is 0 Å². The summed E-state index contributed by atoms with van der Waals surface area (Å²) >= 11 is 0. The summed E-state index contributed by atoms with van der Waals surface area (Å²) in [5.41, 5.74) is 0.352. The third-order valence-electron chi connectivity index (χ3n) is 5.77. The summed E-state index contributed by atoms with van der Waals surface area (Å²) in [5, 5.41) is 3.86. The molecule has 1 atom stereocenters. The molecule has 1 unspecified atom stereocenters. The molecular formula is C17H34N2O. The summed E-state index contributed by atoms with van der Waals surface area (Å²) in [6.45, 7) is 7.64. The Morgan fingerprint density at radius 2 is 1.75 bits per heavy atom. The van der Waals surface area contributed by atoms with Crippen LogP contribution in [-0.4, -0.2) is 50.3 Å². The second kappa shape index (κ2) is 7.24. The van der Waals surface area contributed by atoms with E-state index in [9.17, 15) is 0 Å². The van der Waals surface area contributed by atoms with Gasteiger partial charge in [-0.2, -0.15) is 0 Å². The number of likely N-dealkylation sites (N-methyl/N-ethyl adjacent to an activating group) is 2. The highest BCUT2D eigenvalue weighted by Gasteiger charge is 2.45. The monoisotopic (exact) mass is 282 g/mol. The number of rotatable bonds is 5. The van der Waals surface area contributed by atoms with E-state index < -0.39 is 0 Å². The van der Waals surface area contributed by atoms with Gasteiger partial charge in [0.2, 0.25) is 0 Å². The largest absolute Gasteiger partial charge is 0.381 e. The molecule has 118 valence electrons. The van der Waals surface area contributed by atoms with Crippen LogP contribution in [0.1, 0.15) is 52.4 Å². The molecule has 1 N–H and O–H groups in total. The first-order valence-electron chi connectivity index (χ1n) is 8.58. The molecule has 0 radical (unpaired) electrons. The Balaban J connectivity index is 2.17. The average Bonchev–Trinajstić information content (AvgIpc) is 2.47. The van der Waals surface area contributed by atoms with Crippen molar-refractivity contribution in [1.82, 2.24) is 10.2 Å². The molecule has 0 spiro atoms. The Hall–Kier alpha value is -0.120. The van der Waals surface area contributed by atoms with Crippen molar-refractivity contribution in [2.75, 3.05) is 33.9 Å². The van der Waals surface area contributed by atoms with Gasteiger partial charge in [-0.3, -0.25) is 0 Å². The molecule has 1 saturated heterocycles. The van der Waals surface area contributed by atoms with Gasteiger partial charge >= 0.3 is 0 Å². The quantitative estimate of drug-likeness (QED) is 0.839. The lowest BCUT2D eigenvalue weighted by Crippen LogP contribution is -2.63. The van der Waals surface area contributed by atoms with Crippen molar-refractivity contribution in [2.45, 2.75) is 64.0 Å². The maximum absolute atomic E-state index is 5.58. The molecule has 3 heteroatoms. The Morgan fingerprint density at radius 1 is 1.15 bits per heavy atom. The minimum absolute atomic E-state index is 0.352. The molecule has 3 nitrogen and oxygen atoms in total. The van der Waals surface area contributed by atoms with Gasteiger partial charge in [-0.1, -0.05) is 13.8 Å². The molecular weight excluding hydrogens is 248 g/mol. The average molecular weight is 282 g/mol. The first-order valence-corrected chi connectivity index (χ1v) is 8.58. The normalized spacial score (nSPS) is 34.4. The summed E-state index contributed by atoms with van der Waals surface area (Å²) in [6.07, 6.45) is 7.89. The van der Waals surface area contributed by atoms with E-state index in [2.05, 4.69) is 38.2 Å². The molecule has 0 bridgehead atoms. The summed E-state index contributed by atoms with van der Waals surface area (Å²) in [5.74, 6) is 1.68. The molecule has 1 heterocycles. The van der Waals surface area contributed by atoms with Crippen LogP contribution in [0.25, 0.3) is 0 Å². The summed E-state index contributed by atoms with van der Waals surface area (Å²) in [4.78, 5) is 2.53. The first kappa shape index (κ1) is 16.3. The van der Waals surface area contributed by atoms with E-state index in [1.165, 1.54) is 38.5 Å². The van der Waals surface area contributed by atoms with Crippen molar-refractivity contribution < 1.29 is 4.74 Å². The van der Waals surface area contributed by atoms with Gasteiger partial charge in [0.05, 0.1) is 0 Å². The van der Waals surface area contributed by atoms with Gasteiger partial charge in [-0.15, -0.1) is 0 Å². The van der Waals surface area contributed by atoms with E-state index in [4.69, 9.17) is 4.74 Å². The molecule has 1 aliphatic heterocycles. The van der Waals surface area contributed by atoms with Crippen LogP contribution in [0.4, 0.5) is 0 Å². The van der Waals surface area contributed by atoms with E-state index in [0.717, 1.165) is 31.6 Å². The Labute approximate surface area is 125 Å². The molecule has 0 aromatic heterocycles. The van der Waals surface area contributed by atoms with E-state index in [0.29, 0.717) is 11.6 Å². The van der Waals surface area contributed by atoms with Crippen LogP contribution in [0.15, 0.2) is 0 Å². The van der Waals surface area contributed by atoms with Crippen LogP contribution in [0, 0.1) is 11.8 Å². The Bertz CT molecular complexity index is 279. The van der Waals surface area contributed by atoms with Gasteiger partial charge in [-0.05, 0) is 71.0 Å². The minimum atomic E-state index is 0.352. The van der Waals surface area contributed by atoms with Crippen molar-refractivity contribution in [3.05, 3.63) is 0 Å². The van der Waals surface area contributed by atoms with Crippen LogP contribution in [0.3, 0.4) is 0 Å². The number of ether oxygens (including phenoxy) is 1. The highest BCUT2D eigenvalue weighted by atomic mass is 16.5. The summed E-state index contributed by atoms with van der Waals surface area (Å²) in [6, 6.07) is 0.624. The topological polar surface area (TPSA) is 24.5 Å². The van der Waals surface area contributed by atoms with Crippen LogP contribution in [-0.2, 0) is 4.74 Å². The zero-order valence-corrected chi connectivity index (χ0v) is 14.0. The molecule has 1 saturated carbocycles. The fraction of sp³-hybridized carbons (Fsp3) is 1.00. The zero-order chi connectivity index (χ0) is 14.6. The maximum Gasteiger partial charge on any atom is 0.0469 e. The third kappa shape index (κ3) is 3.37. The van der Waals surface area contributed by atoms with Gasteiger partial charge in [0, 0.05) is 24.8 Å². The molecule has 0 aromatic rings. The number of nitrogens with zero attached hydrogens (tertiary/aromatic N) is 1. The number of hydrogen-bond acceptors (Lipinski definition) is 3. The predicted molar refractivity (Wildman–Crippen MR) is 85.1 cm³/mol. The van der Waals surface area contributed by atoms with Crippen LogP contribution < -0.4 is 5.32 Å². The fourth-order valence-electron chi connectivity index (χ4n) is 4.36. The van der Waals surface area contributed by atoms with Crippen molar-refractivity contribution in [3.63, 3.8) is 0 Å². The van der Waals surface area contributed by atoms with Crippen LogP contribution in [0.5, 0.6) is 0 Å². The minimum Gasteiger partial charge on any atom is -0.381 e. The number of nitrogens with one attached hydrogen (secondary N) is 1. The predicted octanol–water partition coefficient (Wildman–Crippen LogP) is 2.90. The summed E-state index contributed by atoms with van der Waals surface area (Å²) < 4.78 is 5.58. The second-order valence-electron chi connectivity index (χ2n) is 7.17. The van der Waals surface area contributed by atoms with E-state index in [-0.39, 0.29) is 0 Å². The standard InChI is InChI=1S/C17H34N2O/c1-5-18-16(15-8-12-20-13-9-15)17(19(3)4)10-6-14(2)7-11-17/h14-16,18H,5-13H2,1-4H3. The maximum atomic E-state index is 5.58. The molecule has 2 fully saturated rings. The molecule has 0 aromatic carbocycles. The van der Waals surface area contributed by atoms with Crippen LogP contribution in [0.2, 0.25) is 0 Å². The van der Waals surface area contributed by atoms with Gasteiger partial charge < -0.3 is 15.0 Å². The van der Waals surface area contributed by atoms with Gasteiger partial charge in [-0.25, -0.2) is 0 Å². The van der Waals surface area contributed by atoms with Crippen molar-refractivity contribution in [2.24, 2.45) is 11.8 Å².